The summed E-state index contributed by atoms with van der Waals surface area (Å²) in [6, 6.07) is 1.55. The van der Waals surface area contributed by atoms with Gasteiger partial charge in [-0.2, -0.15) is 5.26 Å². The summed E-state index contributed by atoms with van der Waals surface area (Å²) in [5.74, 6) is -0.755. The fourth-order valence-electron chi connectivity index (χ4n) is 0.232. The molecule has 1 atom stereocenters. The number of amides is 1. The monoisotopic (exact) mass is 188 g/mol. The third-order valence-corrected chi connectivity index (χ3v) is 0.611. The molecule has 4 heteroatoms. The highest BCUT2D eigenvalue weighted by molar-refractivity contribution is 5.81. The van der Waals surface area contributed by atoms with Gasteiger partial charge in [0.15, 0.2) is 0 Å². The summed E-state index contributed by atoms with van der Waals surface area (Å²) < 4.78 is 4.33. The predicted molar refractivity (Wildman–Crippen MR) is 52.9 cm³/mol. The van der Waals surface area contributed by atoms with Crippen molar-refractivity contribution in [3.63, 3.8) is 0 Å². The lowest BCUT2D eigenvalue weighted by Gasteiger charge is -1.97. The molecule has 0 radical (unpaired) electrons. The third-order valence-electron chi connectivity index (χ3n) is 0.611. The highest BCUT2D eigenvalue weighted by atomic mass is 16.5. The SMILES string of the molecule is CC.CCC.COC(C#N)C(N)=O. The molecule has 0 aliphatic carbocycles. The summed E-state index contributed by atoms with van der Waals surface area (Å²) in [6.07, 6.45) is 0.148. The van der Waals surface area contributed by atoms with Crippen LogP contribution in [0.2, 0.25) is 0 Å². The molecule has 0 rings (SSSR count). The van der Waals surface area contributed by atoms with Crippen LogP contribution in [0.25, 0.3) is 0 Å². The Kier molecular flexibility index (Phi) is 23.5. The van der Waals surface area contributed by atoms with E-state index in [1.807, 2.05) is 13.8 Å². The van der Waals surface area contributed by atoms with Crippen LogP contribution in [-0.4, -0.2) is 19.1 Å². The van der Waals surface area contributed by atoms with Crippen LogP contribution in [0.4, 0.5) is 0 Å². The van der Waals surface area contributed by atoms with Crippen molar-refractivity contribution in [2.24, 2.45) is 5.73 Å². The quantitative estimate of drug-likeness (QED) is 0.712. The fourth-order valence-corrected chi connectivity index (χ4v) is 0.232. The highest BCUT2D eigenvalue weighted by Gasteiger charge is 2.10. The molecule has 2 N–H and O–H groups in total. The molecule has 0 aliphatic heterocycles. The second kappa shape index (κ2) is 17.1. The van der Waals surface area contributed by atoms with E-state index < -0.39 is 12.0 Å². The van der Waals surface area contributed by atoms with E-state index >= 15 is 0 Å². The lowest BCUT2D eigenvalue weighted by Crippen LogP contribution is -2.28. The van der Waals surface area contributed by atoms with Crippen LogP contribution in [0.3, 0.4) is 0 Å². The number of primary amides is 1. The van der Waals surface area contributed by atoms with Gasteiger partial charge in [-0.25, -0.2) is 0 Å². The first-order valence-corrected chi connectivity index (χ1v) is 4.35. The Morgan fingerprint density at radius 3 is 1.85 bits per heavy atom. The van der Waals surface area contributed by atoms with Crippen LogP contribution in [-0.2, 0) is 9.53 Å². The molecule has 0 heterocycles. The molecule has 0 spiro atoms. The van der Waals surface area contributed by atoms with Gasteiger partial charge in [0.1, 0.15) is 6.07 Å². The highest BCUT2D eigenvalue weighted by Crippen LogP contribution is 1.81. The van der Waals surface area contributed by atoms with Gasteiger partial charge in [-0.3, -0.25) is 4.79 Å². The maximum Gasteiger partial charge on any atom is 0.261 e. The first-order chi connectivity index (χ1) is 6.13. The van der Waals surface area contributed by atoms with Gasteiger partial charge >= 0.3 is 0 Å². The number of carbonyl (C=O) groups excluding carboxylic acids is 1. The van der Waals surface area contributed by atoms with Crippen molar-refractivity contribution in [2.75, 3.05) is 7.11 Å². The Bertz CT molecular complexity index is 141. The Morgan fingerprint density at radius 2 is 1.85 bits per heavy atom. The zero-order valence-electron chi connectivity index (χ0n) is 9.13. The Labute approximate surface area is 80.7 Å². The smallest absolute Gasteiger partial charge is 0.261 e. The Balaban J connectivity index is -0.000000169. The van der Waals surface area contributed by atoms with Crippen LogP contribution in [0, 0.1) is 11.3 Å². The van der Waals surface area contributed by atoms with E-state index in [2.05, 4.69) is 24.3 Å². The molecular formula is C9H20N2O2. The summed E-state index contributed by atoms with van der Waals surface area (Å²) in [6.45, 7) is 8.25. The van der Waals surface area contributed by atoms with Gasteiger partial charge in [0.25, 0.3) is 5.91 Å². The van der Waals surface area contributed by atoms with Crippen molar-refractivity contribution in [1.29, 1.82) is 5.26 Å². The van der Waals surface area contributed by atoms with E-state index in [0.29, 0.717) is 0 Å². The molecule has 0 saturated heterocycles. The van der Waals surface area contributed by atoms with E-state index in [4.69, 9.17) is 5.26 Å². The molecule has 13 heavy (non-hydrogen) atoms. The molecule has 0 fully saturated rings. The van der Waals surface area contributed by atoms with Crippen molar-refractivity contribution in [3.05, 3.63) is 0 Å². The third kappa shape index (κ3) is 18.1. The van der Waals surface area contributed by atoms with Crippen LogP contribution in [0.15, 0.2) is 0 Å². The lowest BCUT2D eigenvalue weighted by molar-refractivity contribution is -0.124. The molecule has 1 amide bonds. The minimum Gasteiger partial charge on any atom is -0.366 e. The molecule has 78 valence electrons. The van der Waals surface area contributed by atoms with E-state index in [9.17, 15) is 4.79 Å². The minimum atomic E-state index is -1.10. The summed E-state index contributed by atoms with van der Waals surface area (Å²) in [4.78, 5) is 10.0. The first-order valence-electron chi connectivity index (χ1n) is 4.35. The standard InChI is InChI=1S/C4H6N2O2.C3H8.C2H6/c1-8-3(2-5)4(6)7;1-3-2;1-2/h3H,1H3,(H2,6,7);3H2,1-2H3;1-2H3. The van der Waals surface area contributed by atoms with Crippen molar-refractivity contribution in [3.8, 4) is 6.07 Å². The normalized spacial score (nSPS) is 9.23. The lowest BCUT2D eigenvalue weighted by atomic mass is 10.4. The number of hydrogen-bond donors (Lipinski definition) is 1. The summed E-state index contributed by atoms with van der Waals surface area (Å²) in [5, 5.41) is 8.02. The number of nitrogens with zero attached hydrogens (tertiary/aromatic N) is 1. The number of methoxy groups -OCH3 is 1. The number of nitrogens with two attached hydrogens (primary N) is 1. The molecule has 0 aliphatic rings. The van der Waals surface area contributed by atoms with Crippen molar-refractivity contribution >= 4 is 5.91 Å². The Hall–Kier alpha value is -1.08. The van der Waals surface area contributed by atoms with Gasteiger partial charge in [-0.1, -0.05) is 34.1 Å². The fraction of sp³-hybridized carbons (Fsp3) is 0.778. The van der Waals surface area contributed by atoms with Gasteiger partial charge in [0.2, 0.25) is 6.10 Å². The average molecular weight is 188 g/mol. The van der Waals surface area contributed by atoms with Gasteiger partial charge < -0.3 is 10.5 Å². The molecule has 0 aromatic rings. The number of carbonyl (C=O) groups is 1. The minimum absolute atomic E-state index is 0.755. The average Bonchev–Trinajstić information content (AvgIpc) is 2.11. The maximum atomic E-state index is 10.0. The molecule has 0 aromatic heterocycles. The van der Waals surface area contributed by atoms with Crippen LogP contribution in [0.5, 0.6) is 0 Å². The predicted octanol–water partition coefficient (Wildman–Crippen LogP) is 1.45. The van der Waals surface area contributed by atoms with E-state index in [1.165, 1.54) is 13.5 Å². The van der Waals surface area contributed by atoms with Gasteiger partial charge in [-0.15, -0.1) is 0 Å². The number of rotatable bonds is 2. The molecule has 1 unspecified atom stereocenters. The number of ether oxygens (including phenoxy) is 1. The van der Waals surface area contributed by atoms with Gasteiger partial charge in [-0.05, 0) is 0 Å². The van der Waals surface area contributed by atoms with E-state index in [-0.39, 0.29) is 0 Å². The topological polar surface area (TPSA) is 76.1 Å². The zero-order valence-corrected chi connectivity index (χ0v) is 9.13. The van der Waals surface area contributed by atoms with Crippen molar-refractivity contribution in [2.45, 2.75) is 40.2 Å². The van der Waals surface area contributed by atoms with Crippen LogP contribution in [0.1, 0.15) is 34.1 Å². The molecule has 0 saturated carbocycles. The molecule has 0 aromatic carbocycles. The second-order valence-electron chi connectivity index (χ2n) is 1.85. The largest absolute Gasteiger partial charge is 0.366 e. The van der Waals surface area contributed by atoms with Gasteiger partial charge in [0, 0.05) is 7.11 Å². The summed E-state index contributed by atoms with van der Waals surface area (Å²) in [5.41, 5.74) is 4.67. The van der Waals surface area contributed by atoms with Crippen molar-refractivity contribution < 1.29 is 9.53 Å². The summed E-state index contributed by atoms with van der Waals surface area (Å²) in [7, 11) is 1.25. The van der Waals surface area contributed by atoms with E-state index in [0.717, 1.165) is 0 Å². The zero-order chi connectivity index (χ0) is 11.3. The first kappa shape index (κ1) is 17.9. The second-order valence-corrected chi connectivity index (χ2v) is 1.85. The molecule has 4 nitrogen and oxygen atoms in total. The van der Waals surface area contributed by atoms with E-state index in [1.54, 1.807) is 6.07 Å². The van der Waals surface area contributed by atoms with Crippen molar-refractivity contribution in [1.82, 2.24) is 0 Å². The molecular weight excluding hydrogens is 168 g/mol. The Morgan fingerprint density at radius 1 is 1.54 bits per heavy atom. The summed E-state index contributed by atoms with van der Waals surface area (Å²) >= 11 is 0. The van der Waals surface area contributed by atoms with Gasteiger partial charge in [0.05, 0.1) is 0 Å². The maximum absolute atomic E-state index is 10.0. The van der Waals surface area contributed by atoms with Crippen LogP contribution >= 0.6 is 0 Å². The molecule has 0 bridgehead atoms. The number of hydrogen-bond acceptors (Lipinski definition) is 3. The number of nitriles is 1. The van der Waals surface area contributed by atoms with Crippen LogP contribution < -0.4 is 5.73 Å².